The molecule has 1 aliphatic carbocycles. The van der Waals surface area contributed by atoms with Gasteiger partial charge in [0.1, 0.15) is 11.9 Å². The molecule has 0 saturated carbocycles. The van der Waals surface area contributed by atoms with E-state index >= 15 is 0 Å². The third kappa shape index (κ3) is 4.36. The van der Waals surface area contributed by atoms with Crippen LogP contribution in [-0.2, 0) is 17.6 Å². The van der Waals surface area contributed by atoms with Crippen molar-refractivity contribution in [2.45, 2.75) is 58.4 Å². The molecule has 5 rings (SSSR count). The second-order valence-corrected chi connectivity index (χ2v) is 9.08. The van der Waals surface area contributed by atoms with E-state index in [-0.39, 0.29) is 11.9 Å². The highest BCUT2D eigenvalue weighted by Crippen LogP contribution is 2.33. The van der Waals surface area contributed by atoms with Gasteiger partial charge in [-0.2, -0.15) is 10.1 Å². The van der Waals surface area contributed by atoms with E-state index in [1.165, 1.54) is 0 Å². The van der Waals surface area contributed by atoms with Crippen LogP contribution in [0.3, 0.4) is 0 Å². The van der Waals surface area contributed by atoms with Crippen molar-refractivity contribution in [2.75, 3.05) is 29.9 Å². The minimum absolute atomic E-state index is 0.186. The molecule has 8 heteroatoms. The van der Waals surface area contributed by atoms with E-state index in [0.717, 1.165) is 92.3 Å². The fourth-order valence-corrected chi connectivity index (χ4v) is 5.09. The largest absolute Gasteiger partial charge is 0.341 e. The van der Waals surface area contributed by atoms with Crippen LogP contribution in [0.25, 0.3) is 11.3 Å². The molecule has 0 radical (unpaired) electrons. The van der Waals surface area contributed by atoms with Gasteiger partial charge in [0.25, 0.3) is 0 Å². The molecule has 34 heavy (non-hydrogen) atoms. The van der Waals surface area contributed by atoms with Crippen molar-refractivity contribution in [3.05, 3.63) is 47.7 Å². The Morgan fingerprint density at radius 2 is 2.03 bits per heavy atom. The van der Waals surface area contributed by atoms with Crippen molar-refractivity contribution in [1.82, 2.24) is 25.1 Å². The summed E-state index contributed by atoms with van der Waals surface area (Å²) in [7, 11) is 0. The summed E-state index contributed by atoms with van der Waals surface area (Å²) in [4.78, 5) is 27.3. The van der Waals surface area contributed by atoms with E-state index in [1.807, 2.05) is 36.1 Å². The molecule has 1 aliphatic heterocycles. The van der Waals surface area contributed by atoms with Crippen LogP contribution in [-0.4, -0.2) is 56.6 Å². The van der Waals surface area contributed by atoms with Gasteiger partial charge in [-0.05, 0) is 51.0 Å². The van der Waals surface area contributed by atoms with Crippen LogP contribution >= 0.6 is 0 Å². The average Bonchev–Trinajstić information content (AvgIpc) is 3.63. The summed E-state index contributed by atoms with van der Waals surface area (Å²) in [6, 6.07) is 12.0. The molecular weight excluding hydrogens is 426 g/mol. The number of carbonyl (C=O) groups excluding carboxylic acids is 1. The number of aryl methyl sites for hydroxylation is 1. The number of rotatable bonds is 8. The summed E-state index contributed by atoms with van der Waals surface area (Å²) >= 11 is 0. The quantitative estimate of drug-likeness (QED) is 0.521. The monoisotopic (exact) mass is 459 g/mol. The van der Waals surface area contributed by atoms with E-state index < -0.39 is 0 Å². The minimum atomic E-state index is -0.186. The molecule has 178 valence electrons. The van der Waals surface area contributed by atoms with Crippen molar-refractivity contribution >= 4 is 23.5 Å². The van der Waals surface area contributed by atoms with Gasteiger partial charge in [-0.3, -0.25) is 9.89 Å². The molecule has 3 heterocycles. The summed E-state index contributed by atoms with van der Waals surface area (Å²) in [6.07, 6.45) is 5.76. The first-order valence-electron chi connectivity index (χ1n) is 12.5. The highest BCUT2D eigenvalue weighted by Gasteiger charge is 2.35. The second kappa shape index (κ2) is 9.83. The van der Waals surface area contributed by atoms with Gasteiger partial charge in [0.15, 0.2) is 5.82 Å². The Kier molecular flexibility index (Phi) is 6.47. The van der Waals surface area contributed by atoms with Crippen LogP contribution in [0.5, 0.6) is 0 Å². The first-order chi connectivity index (χ1) is 16.7. The molecule has 1 aromatic carbocycles. The number of hydrogen-bond acceptors (Lipinski definition) is 6. The molecule has 8 nitrogen and oxygen atoms in total. The first-order valence-corrected chi connectivity index (χ1v) is 12.5. The fourth-order valence-electron chi connectivity index (χ4n) is 5.09. The minimum Gasteiger partial charge on any atom is -0.341 e. The number of benzene rings is 1. The molecule has 2 aromatic heterocycles. The van der Waals surface area contributed by atoms with Gasteiger partial charge in [0.05, 0.1) is 11.4 Å². The van der Waals surface area contributed by atoms with Gasteiger partial charge < -0.3 is 15.1 Å². The van der Waals surface area contributed by atoms with E-state index in [1.54, 1.807) is 0 Å². The third-order valence-electron chi connectivity index (χ3n) is 6.81. The molecule has 0 bridgehead atoms. The predicted molar refractivity (Wildman–Crippen MR) is 134 cm³/mol. The zero-order valence-electron chi connectivity index (χ0n) is 20.0. The molecule has 1 fully saturated rings. The molecular formula is C26H33N7O. The van der Waals surface area contributed by atoms with Crippen LogP contribution in [0.4, 0.5) is 17.6 Å². The van der Waals surface area contributed by atoms with Gasteiger partial charge >= 0.3 is 0 Å². The number of amides is 1. The van der Waals surface area contributed by atoms with E-state index in [9.17, 15) is 4.79 Å². The van der Waals surface area contributed by atoms with E-state index in [4.69, 9.17) is 9.97 Å². The Morgan fingerprint density at radius 3 is 2.82 bits per heavy atom. The number of nitrogens with zero attached hydrogens (tertiary/aromatic N) is 5. The van der Waals surface area contributed by atoms with Crippen LogP contribution in [0.1, 0.15) is 50.8 Å². The number of aromatic nitrogens is 4. The van der Waals surface area contributed by atoms with Crippen molar-refractivity contribution in [1.29, 1.82) is 0 Å². The Bertz CT molecular complexity index is 1140. The summed E-state index contributed by atoms with van der Waals surface area (Å²) in [5.41, 5.74) is 4.29. The van der Waals surface area contributed by atoms with E-state index in [0.29, 0.717) is 5.95 Å². The van der Waals surface area contributed by atoms with Gasteiger partial charge in [-0.1, -0.05) is 37.3 Å². The summed E-state index contributed by atoms with van der Waals surface area (Å²) in [5, 5.41) is 11.0. The topological polar surface area (TPSA) is 90.0 Å². The standard InChI is InChI=1S/C26H33N7O/c1-3-15-32(4-2)25(34)22-14-9-16-33(22)26-27-20-13-8-12-19(20)24(29-26)28-23-17-21(30-31-23)18-10-6-5-7-11-18/h5-7,10-11,17,22H,3-4,8-9,12-16H2,1-2H3,(H2,27,28,29,30,31). The number of hydrogen-bond donors (Lipinski definition) is 2. The lowest BCUT2D eigenvalue weighted by Gasteiger charge is -2.30. The van der Waals surface area contributed by atoms with Crippen LogP contribution in [0.2, 0.25) is 0 Å². The van der Waals surface area contributed by atoms with Crippen molar-refractivity contribution < 1.29 is 4.79 Å². The number of aromatic amines is 1. The third-order valence-corrected chi connectivity index (χ3v) is 6.81. The Hall–Kier alpha value is -3.42. The normalized spacial score (nSPS) is 17.1. The second-order valence-electron chi connectivity index (χ2n) is 9.08. The molecule has 0 spiro atoms. The molecule has 1 saturated heterocycles. The molecule has 1 unspecified atom stereocenters. The maximum Gasteiger partial charge on any atom is 0.245 e. The van der Waals surface area contributed by atoms with Gasteiger partial charge in [0.2, 0.25) is 11.9 Å². The van der Waals surface area contributed by atoms with Gasteiger partial charge in [-0.15, -0.1) is 0 Å². The molecule has 1 amide bonds. The summed E-state index contributed by atoms with van der Waals surface area (Å²) < 4.78 is 0. The van der Waals surface area contributed by atoms with Gasteiger partial charge in [-0.25, -0.2) is 4.98 Å². The number of likely N-dealkylation sites (N-methyl/N-ethyl adjacent to an activating group) is 1. The van der Waals surface area contributed by atoms with Crippen molar-refractivity contribution in [3.63, 3.8) is 0 Å². The lowest BCUT2D eigenvalue weighted by Crippen LogP contribution is -2.46. The highest BCUT2D eigenvalue weighted by atomic mass is 16.2. The van der Waals surface area contributed by atoms with Crippen LogP contribution in [0.15, 0.2) is 36.4 Å². The number of anilines is 3. The highest BCUT2D eigenvalue weighted by molar-refractivity contribution is 5.85. The maximum atomic E-state index is 13.3. The lowest BCUT2D eigenvalue weighted by molar-refractivity contribution is -0.132. The van der Waals surface area contributed by atoms with E-state index in [2.05, 4.69) is 39.5 Å². The zero-order valence-corrected chi connectivity index (χ0v) is 20.0. The van der Waals surface area contributed by atoms with Gasteiger partial charge in [0, 0.05) is 31.3 Å². The molecule has 2 N–H and O–H groups in total. The van der Waals surface area contributed by atoms with Crippen molar-refractivity contribution in [2.24, 2.45) is 0 Å². The average molecular weight is 460 g/mol. The predicted octanol–water partition coefficient (Wildman–Crippen LogP) is 4.33. The summed E-state index contributed by atoms with van der Waals surface area (Å²) in [5.74, 6) is 2.39. The Labute approximate surface area is 200 Å². The number of nitrogens with one attached hydrogen (secondary N) is 2. The molecule has 3 aromatic rings. The smallest absolute Gasteiger partial charge is 0.245 e. The van der Waals surface area contributed by atoms with Crippen molar-refractivity contribution in [3.8, 4) is 11.3 Å². The SMILES string of the molecule is CCCN(CC)C(=O)C1CCCN1c1nc2c(c(Nc3cc(-c4ccccc4)[nH]n3)n1)CCC2. The number of carbonyl (C=O) groups is 1. The van der Waals surface area contributed by atoms with Crippen LogP contribution in [0, 0.1) is 0 Å². The Morgan fingerprint density at radius 1 is 1.18 bits per heavy atom. The molecule has 1 atom stereocenters. The first kappa shape index (κ1) is 22.4. The zero-order chi connectivity index (χ0) is 23.5. The number of H-pyrrole nitrogens is 1. The fraction of sp³-hybridized carbons (Fsp3) is 0.462. The Balaban J connectivity index is 1.42. The molecule has 2 aliphatic rings. The van der Waals surface area contributed by atoms with Crippen LogP contribution < -0.4 is 10.2 Å². The number of fused-ring (bicyclic) bond motifs is 1. The summed E-state index contributed by atoms with van der Waals surface area (Å²) in [6.45, 7) is 6.49. The maximum absolute atomic E-state index is 13.3. The lowest BCUT2D eigenvalue weighted by atomic mass is 10.1.